The van der Waals surface area contributed by atoms with Gasteiger partial charge in [0.2, 0.25) is 5.78 Å². The normalized spacial score (nSPS) is 22.7. The lowest BCUT2D eigenvalue weighted by atomic mass is 9.65. The number of carbonyl (C=O) groups excluding carboxylic acids is 1. The monoisotopic (exact) mass is 430 g/mol. The highest BCUT2D eigenvalue weighted by molar-refractivity contribution is 6.34. The molecule has 0 aliphatic heterocycles. The van der Waals surface area contributed by atoms with Crippen molar-refractivity contribution in [3.63, 3.8) is 0 Å². The van der Waals surface area contributed by atoms with Crippen molar-refractivity contribution in [2.45, 2.75) is 18.0 Å². The second-order valence-corrected chi connectivity index (χ2v) is 9.42. The SMILES string of the molecule is O=C1C(F)=Cc2c3c4c(ccc5ccc6ccc1c2c6c54)C=CC31c2ccccc2CC1F. The standard InChI is InChI=1S/C30H16F2O/c31-22-14-20-27-19(29(22)33)10-9-16-6-5-15-7-8-17-11-12-30(28(20)26(17)24(15)25(16)27)21-4-2-1-3-18(21)13-23(30)32/h1-12,14,23H,13H2. The van der Waals surface area contributed by atoms with Crippen LogP contribution in [-0.4, -0.2) is 12.0 Å². The summed E-state index contributed by atoms with van der Waals surface area (Å²) in [4.78, 5) is 12.9. The molecule has 0 fully saturated rings. The molecule has 5 aromatic rings. The molecule has 3 heteroatoms. The topological polar surface area (TPSA) is 17.1 Å². The number of rotatable bonds is 0. The van der Waals surface area contributed by atoms with Gasteiger partial charge in [0.05, 0.1) is 5.41 Å². The number of carbonyl (C=O) groups is 1. The van der Waals surface area contributed by atoms with E-state index in [1.165, 1.54) is 6.08 Å². The van der Waals surface area contributed by atoms with Crippen LogP contribution in [0, 0.1) is 0 Å². The molecule has 8 rings (SSSR count). The summed E-state index contributed by atoms with van der Waals surface area (Å²) in [6.07, 6.45) is 4.48. The van der Waals surface area contributed by atoms with E-state index < -0.39 is 23.2 Å². The van der Waals surface area contributed by atoms with Crippen LogP contribution in [0.25, 0.3) is 44.5 Å². The molecule has 0 heterocycles. The minimum atomic E-state index is -1.18. The summed E-state index contributed by atoms with van der Waals surface area (Å²) in [6.45, 7) is 0. The van der Waals surface area contributed by atoms with E-state index in [0.29, 0.717) is 17.5 Å². The largest absolute Gasteiger partial charge is 0.286 e. The molecule has 0 saturated carbocycles. The van der Waals surface area contributed by atoms with Gasteiger partial charge in [-0.15, -0.1) is 0 Å². The van der Waals surface area contributed by atoms with Crippen molar-refractivity contribution in [3.8, 4) is 0 Å². The number of hydrogen-bond acceptors (Lipinski definition) is 1. The number of hydrogen-bond donors (Lipinski definition) is 0. The lowest BCUT2D eigenvalue weighted by molar-refractivity contribution is 0.101. The van der Waals surface area contributed by atoms with E-state index >= 15 is 8.78 Å². The summed E-state index contributed by atoms with van der Waals surface area (Å²) in [6, 6.07) is 19.7. The molecule has 2 atom stereocenters. The molecule has 5 aromatic carbocycles. The summed E-state index contributed by atoms with van der Waals surface area (Å²) in [5.74, 6) is -1.39. The summed E-state index contributed by atoms with van der Waals surface area (Å²) in [5.41, 5.74) is 3.69. The first-order valence-electron chi connectivity index (χ1n) is 11.2. The van der Waals surface area contributed by atoms with E-state index in [1.54, 1.807) is 6.07 Å². The lowest BCUT2D eigenvalue weighted by Gasteiger charge is -2.38. The first-order valence-corrected chi connectivity index (χ1v) is 11.2. The summed E-state index contributed by atoms with van der Waals surface area (Å²) in [7, 11) is 0. The lowest BCUT2D eigenvalue weighted by Crippen LogP contribution is -2.35. The van der Waals surface area contributed by atoms with Crippen LogP contribution in [0.4, 0.5) is 8.78 Å². The van der Waals surface area contributed by atoms with E-state index in [4.69, 9.17) is 0 Å². The molecule has 156 valence electrons. The second-order valence-electron chi connectivity index (χ2n) is 9.42. The maximum absolute atomic E-state index is 16.2. The molecule has 0 bridgehead atoms. The zero-order chi connectivity index (χ0) is 22.1. The average Bonchev–Trinajstić information content (AvgIpc) is 3.12. The molecule has 0 N–H and O–H groups in total. The third kappa shape index (κ3) is 1.84. The van der Waals surface area contributed by atoms with Gasteiger partial charge >= 0.3 is 0 Å². The molecule has 0 radical (unpaired) electrons. The first-order chi connectivity index (χ1) is 16.1. The molecule has 3 aliphatic carbocycles. The first kappa shape index (κ1) is 17.7. The Morgan fingerprint density at radius 2 is 1.58 bits per heavy atom. The van der Waals surface area contributed by atoms with Crippen LogP contribution >= 0.6 is 0 Å². The Kier molecular flexibility index (Phi) is 2.97. The predicted octanol–water partition coefficient (Wildman–Crippen LogP) is 7.30. The summed E-state index contributed by atoms with van der Waals surface area (Å²) in [5, 5.41) is 5.76. The number of alkyl halides is 1. The number of benzene rings is 5. The van der Waals surface area contributed by atoms with Gasteiger partial charge < -0.3 is 0 Å². The van der Waals surface area contributed by atoms with Crippen molar-refractivity contribution in [3.05, 3.63) is 106 Å². The zero-order valence-corrected chi connectivity index (χ0v) is 17.5. The molecule has 0 aromatic heterocycles. The quantitative estimate of drug-likeness (QED) is 0.236. The van der Waals surface area contributed by atoms with Crippen molar-refractivity contribution in [2.24, 2.45) is 0 Å². The molecule has 33 heavy (non-hydrogen) atoms. The van der Waals surface area contributed by atoms with E-state index in [-0.39, 0.29) is 0 Å². The summed E-state index contributed by atoms with van der Waals surface area (Å²) < 4.78 is 31.3. The number of Topliss-reactive ketones (excluding diaryl/α,β-unsaturated/α-hetero) is 1. The molecular formula is C30H16F2O. The van der Waals surface area contributed by atoms with Gasteiger partial charge in [-0.1, -0.05) is 66.7 Å². The highest BCUT2D eigenvalue weighted by Crippen LogP contribution is 2.57. The zero-order valence-electron chi connectivity index (χ0n) is 17.5. The maximum Gasteiger partial charge on any atom is 0.222 e. The van der Waals surface area contributed by atoms with Crippen LogP contribution in [0.2, 0.25) is 0 Å². The van der Waals surface area contributed by atoms with E-state index in [9.17, 15) is 4.79 Å². The van der Waals surface area contributed by atoms with E-state index in [0.717, 1.165) is 54.6 Å². The van der Waals surface area contributed by atoms with E-state index in [1.807, 2.05) is 48.6 Å². The highest BCUT2D eigenvalue weighted by atomic mass is 19.1. The third-order valence-electron chi connectivity index (χ3n) is 8.02. The molecule has 2 unspecified atom stereocenters. The van der Waals surface area contributed by atoms with Crippen LogP contribution < -0.4 is 0 Å². The Hall–Kier alpha value is -3.85. The van der Waals surface area contributed by atoms with Gasteiger partial charge in [-0.3, -0.25) is 4.79 Å². The third-order valence-corrected chi connectivity index (χ3v) is 8.02. The number of ketones is 1. The van der Waals surface area contributed by atoms with Gasteiger partial charge in [-0.25, -0.2) is 8.78 Å². The number of halogens is 2. The Morgan fingerprint density at radius 3 is 2.42 bits per heavy atom. The Bertz CT molecular complexity index is 1790. The van der Waals surface area contributed by atoms with Gasteiger partial charge in [-0.05, 0) is 66.9 Å². The van der Waals surface area contributed by atoms with Gasteiger partial charge in [0.25, 0.3) is 0 Å². The van der Waals surface area contributed by atoms with Crippen LogP contribution in [0.15, 0.2) is 72.6 Å². The minimum absolute atomic E-state index is 0.312. The van der Waals surface area contributed by atoms with Crippen LogP contribution in [-0.2, 0) is 11.8 Å². The maximum atomic E-state index is 16.2. The van der Waals surface area contributed by atoms with E-state index in [2.05, 4.69) is 18.2 Å². The number of allylic oxidation sites excluding steroid dienone is 2. The van der Waals surface area contributed by atoms with Gasteiger partial charge in [0.1, 0.15) is 6.17 Å². The highest BCUT2D eigenvalue weighted by Gasteiger charge is 2.51. The van der Waals surface area contributed by atoms with Crippen molar-refractivity contribution in [2.75, 3.05) is 0 Å². The summed E-state index contributed by atoms with van der Waals surface area (Å²) >= 11 is 0. The Morgan fingerprint density at radius 1 is 0.848 bits per heavy atom. The average molecular weight is 430 g/mol. The molecule has 0 saturated heterocycles. The van der Waals surface area contributed by atoms with Crippen molar-refractivity contribution in [1.29, 1.82) is 0 Å². The van der Waals surface area contributed by atoms with Gasteiger partial charge in [0, 0.05) is 17.4 Å². The Labute approximate surface area is 188 Å². The molecular weight excluding hydrogens is 414 g/mol. The van der Waals surface area contributed by atoms with Gasteiger partial charge in [0.15, 0.2) is 5.83 Å². The fourth-order valence-corrected chi connectivity index (χ4v) is 6.70. The second kappa shape index (κ2) is 5.55. The van der Waals surface area contributed by atoms with Gasteiger partial charge in [-0.2, -0.15) is 0 Å². The number of fused-ring (bicyclic) bond motifs is 4. The minimum Gasteiger partial charge on any atom is -0.286 e. The fraction of sp³-hybridized carbons (Fsp3) is 0.100. The smallest absolute Gasteiger partial charge is 0.222 e. The van der Waals surface area contributed by atoms with Crippen LogP contribution in [0.5, 0.6) is 0 Å². The molecule has 1 spiro atoms. The van der Waals surface area contributed by atoms with Crippen molar-refractivity contribution >= 4 is 50.3 Å². The van der Waals surface area contributed by atoms with Crippen molar-refractivity contribution < 1.29 is 13.6 Å². The predicted molar refractivity (Wildman–Crippen MR) is 128 cm³/mol. The molecule has 1 nitrogen and oxygen atoms in total. The van der Waals surface area contributed by atoms with Crippen LogP contribution in [0.3, 0.4) is 0 Å². The Balaban J connectivity index is 1.71. The van der Waals surface area contributed by atoms with Crippen LogP contribution in [0.1, 0.15) is 38.2 Å². The van der Waals surface area contributed by atoms with Crippen molar-refractivity contribution in [1.82, 2.24) is 0 Å². The fourth-order valence-electron chi connectivity index (χ4n) is 6.70. The molecule has 3 aliphatic rings. The molecule has 0 amide bonds.